The third-order valence-corrected chi connectivity index (χ3v) is 3.55. The molecule has 1 aliphatic heterocycles. The van der Waals surface area contributed by atoms with Gasteiger partial charge in [-0.3, -0.25) is 0 Å². The molecular weight excluding hydrogens is 279 g/mol. The summed E-state index contributed by atoms with van der Waals surface area (Å²) >= 11 is 0. The molecule has 2 aromatic carbocycles. The topological polar surface area (TPSA) is 21.3 Å². The Morgan fingerprint density at radius 3 is 2.81 bits per heavy atom. The molecule has 0 amide bonds. The van der Waals surface area contributed by atoms with E-state index in [0.29, 0.717) is 17.7 Å². The fourth-order valence-electron chi connectivity index (χ4n) is 2.44. The van der Waals surface area contributed by atoms with Crippen molar-refractivity contribution in [2.24, 2.45) is 0 Å². The van der Waals surface area contributed by atoms with Crippen LogP contribution in [0.2, 0.25) is 0 Å². The number of halogens is 3. The van der Waals surface area contributed by atoms with E-state index in [9.17, 15) is 13.2 Å². The Morgan fingerprint density at radius 1 is 1.19 bits per heavy atom. The molecule has 1 unspecified atom stereocenters. The van der Waals surface area contributed by atoms with E-state index < -0.39 is 11.6 Å². The second-order valence-corrected chi connectivity index (χ2v) is 5.13. The van der Waals surface area contributed by atoms with Crippen LogP contribution in [-0.2, 0) is 6.42 Å². The minimum absolute atomic E-state index is 0.152. The second kappa shape index (κ2) is 5.31. The lowest BCUT2D eigenvalue weighted by Crippen LogP contribution is -2.24. The van der Waals surface area contributed by atoms with Crippen LogP contribution in [0, 0.1) is 24.4 Å². The maximum Gasteiger partial charge on any atom is 0.152 e. The summed E-state index contributed by atoms with van der Waals surface area (Å²) < 4.78 is 46.2. The molecule has 0 fully saturated rings. The monoisotopic (exact) mass is 293 g/mol. The summed E-state index contributed by atoms with van der Waals surface area (Å²) in [7, 11) is 0. The van der Waals surface area contributed by atoms with E-state index in [0.717, 1.165) is 5.56 Å². The van der Waals surface area contributed by atoms with Crippen molar-refractivity contribution < 1.29 is 17.9 Å². The molecule has 0 aliphatic carbocycles. The zero-order chi connectivity index (χ0) is 15.0. The number of nitrogens with one attached hydrogen (secondary N) is 1. The van der Waals surface area contributed by atoms with Crippen LogP contribution in [0.5, 0.6) is 5.75 Å². The molecule has 3 rings (SSSR count). The number of rotatable bonds is 3. The highest BCUT2D eigenvalue weighted by molar-refractivity contribution is 5.49. The number of anilines is 1. The number of ether oxygens (including phenoxy) is 1. The number of hydrogen-bond acceptors (Lipinski definition) is 2. The summed E-state index contributed by atoms with van der Waals surface area (Å²) in [5, 5.41) is 2.74. The maximum atomic E-state index is 13.9. The lowest BCUT2D eigenvalue weighted by atomic mass is 10.1. The molecule has 1 N–H and O–H groups in total. The van der Waals surface area contributed by atoms with Crippen molar-refractivity contribution in [3.05, 3.63) is 58.9 Å². The second-order valence-electron chi connectivity index (χ2n) is 5.13. The van der Waals surface area contributed by atoms with Gasteiger partial charge >= 0.3 is 0 Å². The first-order chi connectivity index (χ1) is 10.0. The van der Waals surface area contributed by atoms with E-state index in [1.54, 1.807) is 13.0 Å². The van der Waals surface area contributed by atoms with Crippen LogP contribution in [0.15, 0.2) is 30.3 Å². The molecule has 21 heavy (non-hydrogen) atoms. The average Bonchev–Trinajstić information content (AvgIpc) is 2.85. The number of aryl methyl sites for hydroxylation is 1. The number of fused-ring (bicyclic) bond motifs is 1. The summed E-state index contributed by atoms with van der Waals surface area (Å²) in [6.45, 7) is 1.82. The van der Waals surface area contributed by atoms with Gasteiger partial charge < -0.3 is 10.1 Å². The van der Waals surface area contributed by atoms with E-state index in [-0.39, 0.29) is 24.2 Å². The molecule has 0 radical (unpaired) electrons. The molecule has 0 aromatic heterocycles. The van der Waals surface area contributed by atoms with Crippen LogP contribution in [0.25, 0.3) is 0 Å². The van der Waals surface area contributed by atoms with Gasteiger partial charge in [0.15, 0.2) is 5.82 Å². The van der Waals surface area contributed by atoms with Crippen molar-refractivity contribution >= 4 is 5.69 Å². The van der Waals surface area contributed by atoms with Gasteiger partial charge in [-0.1, -0.05) is 6.07 Å². The molecule has 2 aromatic rings. The van der Waals surface area contributed by atoms with Gasteiger partial charge in [-0.15, -0.1) is 0 Å². The molecule has 1 heterocycles. The van der Waals surface area contributed by atoms with Crippen molar-refractivity contribution in [1.82, 2.24) is 0 Å². The normalized spacial score (nSPS) is 16.5. The highest BCUT2D eigenvalue weighted by Crippen LogP contribution is 2.30. The molecular formula is C16H14F3NO. The van der Waals surface area contributed by atoms with Crippen LogP contribution in [0.1, 0.15) is 11.1 Å². The zero-order valence-electron chi connectivity index (χ0n) is 11.4. The highest BCUT2D eigenvalue weighted by Gasteiger charge is 2.24. The van der Waals surface area contributed by atoms with E-state index >= 15 is 0 Å². The van der Waals surface area contributed by atoms with Gasteiger partial charge in [-0.2, -0.15) is 0 Å². The van der Waals surface area contributed by atoms with Gasteiger partial charge in [-0.25, -0.2) is 13.2 Å². The van der Waals surface area contributed by atoms with Gasteiger partial charge in [-0.05, 0) is 36.8 Å². The Labute approximate surface area is 120 Å². The third-order valence-electron chi connectivity index (χ3n) is 3.55. The number of hydrogen-bond donors (Lipinski definition) is 1. The fraction of sp³-hybridized carbons (Fsp3) is 0.250. The fourth-order valence-corrected chi connectivity index (χ4v) is 2.44. The molecule has 5 heteroatoms. The van der Waals surface area contributed by atoms with Crippen molar-refractivity contribution in [2.45, 2.75) is 19.4 Å². The van der Waals surface area contributed by atoms with Crippen LogP contribution in [0.4, 0.5) is 18.9 Å². The molecule has 0 spiro atoms. The van der Waals surface area contributed by atoms with Crippen LogP contribution < -0.4 is 10.1 Å². The Kier molecular flexibility index (Phi) is 3.49. The third kappa shape index (κ3) is 2.68. The van der Waals surface area contributed by atoms with E-state index in [2.05, 4.69) is 5.32 Å². The van der Waals surface area contributed by atoms with Crippen molar-refractivity contribution in [2.75, 3.05) is 11.9 Å². The summed E-state index contributed by atoms with van der Waals surface area (Å²) in [5.41, 5.74) is 0.990. The molecule has 110 valence electrons. The predicted molar refractivity (Wildman–Crippen MR) is 74.1 cm³/mol. The summed E-state index contributed by atoms with van der Waals surface area (Å²) in [6.07, 6.45) is 0.232. The molecule has 0 bridgehead atoms. The Bertz CT molecular complexity index is 687. The van der Waals surface area contributed by atoms with Crippen molar-refractivity contribution in [1.29, 1.82) is 0 Å². The quantitative estimate of drug-likeness (QED) is 0.928. The van der Waals surface area contributed by atoms with Gasteiger partial charge in [0, 0.05) is 12.0 Å². The largest absolute Gasteiger partial charge is 0.488 e. The minimum atomic E-state index is -0.639. The van der Waals surface area contributed by atoms with E-state index in [4.69, 9.17) is 4.74 Å². The average molecular weight is 293 g/mol. The van der Waals surface area contributed by atoms with Crippen LogP contribution in [-0.4, -0.2) is 12.6 Å². The van der Waals surface area contributed by atoms with Crippen molar-refractivity contribution in [3.8, 4) is 5.75 Å². The smallest absolute Gasteiger partial charge is 0.152 e. The first-order valence-corrected chi connectivity index (χ1v) is 6.68. The first-order valence-electron chi connectivity index (χ1n) is 6.68. The van der Waals surface area contributed by atoms with Gasteiger partial charge in [0.1, 0.15) is 29.2 Å². The lowest BCUT2D eigenvalue weighted by Gasteiger charge is -2.14. The van der Waals surface area contributed by atoms with Crippen molar-refractivity contribution in [3.63, 3.8) is 0 Å². The highest BCUT2D eigenvalue weighted by atomic mass is 19.1. The summed E-state index contributed by atoms with van der Waals surface area (Å²) in [5.74, 6) is -0.939. The molecule has 2 nitrogen and oxygen atoms in total. The first kappa shape index (κ1) is 13.8. The minimum Gasteiger partial charge on any atom is -0.488 e. The maximum absolute atomic E-state index is 13.9. The summed E-state index contributed by atoms with van der Waals surface area (Å²) in [4.78, 5) is 0. The molecule has 1 atom stereocenters. The van der Waals surface area contributed by atoms with E-state index in [1.165, 1.54) is 24.3 Å². The number of benzene rings is 2. The molecule has 1 aliphatic rings. The van der Waals surface area contributed by atoms with Gasteiger partial charge in [0.25, 0.3) is 0 Å². The van der Waals surface area contributed by atoms with Crippen LogP contribution >= 0.6 is 0 Å². The predicted octanol–water partition coefficient (Wildman–Crippen LogP) is 3.83. The van der Waals surface area contributed by atoms with Gasteiger partial charge in [0.2, 0.25) is 0 Å². The molecule has 0 saturated heterocycles. The molecule has 0 saturated carbocycles. The Balaban J connectivity index is 1.69. The SMILES string of the molecule is Cc1ccc(F)c(NCC2Cc3cc(F)ccc3O2)c1F. The Morgan fingerprint density at radius 2 is 2.00 bits per heavy atom. The van der Waals surface area contributed by atoms with E-state index in [1.807, 2.05) is 0 Å². The lowest BCUT2D eigenvalue weighted by molar-refractivity contribution is 0.246. The standard InChI is InChI=1S/C16H14F3NO/c1-9-2-4-13(18)16(15(9)19)20-8-12-7-10-6-11(17)3-5-14(10)21-12/h2-6,12,20H,7-8H2,1H3. The van der Waals surface area contributed by atoms with Crippen LogP contribution in [0.3, 0.4) is 0 Å². The Hall–Kier alpha value is -2.17. The van der Waals surface area contributed by atoms with Gasteiger partial charge in [0.05, 0.1) is 6.54 Å². The summed E-state index contributed by atoms with van der Waals surface area (Å²) in [6, 6.07) is 6.93. The zero-order valence-corrected chi connectivity index (χ0v) is 11.4.